The van der Waals surface area contributed by atoms with Crippen LogP contribution in [0.5, 0.6) is 0 Å². The summed E-state index contributed by atoms with van der Waals surface area (Å²) < 4.78 is 24.9. The molecule has 8 heteroatoms. The van der Waals surface area contributed by atoms with E-state index >= 15 is 0 Å². The Balaban J connectivity index is 1.83. The molecule has 23 heavy (non-hydrogen) atoms. The SMILES string of the molecule is CS(=O)(=O)N1CCCC(C(=O)N2CCSc3ccc(Cl)cc32)C1. The van der Waals surface area contributed by atoms with Gasteiger partial charge in [0.1, 0.15) is 0 Å². The molecule has 126 valence electrons. The van der Waals surface area contributed by atoms with Crippen LogP contribution in [0.3, 0.4) is 0 Å². The van der Waals surface area contributed by atoms with Gasteiger partial charge in [0.15, 0.2) is 0 Å². The predicted molar refractivity (Wildman–Crippen MR) is 93.7 cm³/mol. The number of carbonyl (C=O) groups is 1. The predicted octanol–water partition coefficient (Wildman–Crippen LogP) is 2.45. The smallest absolute Gasteiger partial charge is 0.231 e. The molecule has 2 aliphatic heterocycles. The van der Waals surface area contributed by atoms with Crippen molar-refractivity contribution < 1.29 is 13.2 Å². The van der Waals surface area contributed by atoms with Crippen molar-refractivity contribution in [1.29, 1.82) is 0 Å². The van der Waals surface area contributed by atoms with E-state index in [1.165, 1.54) is 10.6 Å². The fourth-order valence-electron chi connectivity index (χ4n) is 3.09. The topological polar surface area (TPSA) is 57.7 Å². The number of rotatable bonds is 2. The zero-order chi connectivity index (χ0) is 16.6. The summed E-state index contributed by atoms with van der Waals surface area (Å²) in [5, 5.41) is 0.602. The quantitative estimate of drug-likeness (QED) is 0.797. The summed E-state index contributed by atoms with van der Waals surface area (Å²) in [5.74, 6) is 0.554. The van der Waals surface area contributed by atoms with Gasteiger partial charge in [0.2, 0.25) is 15.9 Å². The maximum absolute atomic E-state index is 13.0. The Bertz CT molecular complexity index is 723. The number of fused-ring (bicyclic) bond motifs is 1. The van der Waals surface area contributed by atoms with Gasteiger partial charge in [-0.05, 0) is 31.0 Å². The van der Waals surface area contributed by atoms with E-state index in [9.17, 15) is 13.2 Å². The number of hydrogen-bond acceptors (Lipinski definition) is 4. The summed E-state index contributed by atoms with van der Waals surface area (Å²) in [5.41, 5.74) is 0.843. The van der Waals surface area contributed by atoms with E-state index in [2.05, 4.69) is 0 Å². The molecule has 0 saturated carbocycles. The highest BCUT2D eigenvalue weighted by Crippen LogP contribution is 2.37. The van der Waals surface area contributed by atoms with Gasteiger partial charge >= 0.3 is 0 Å². The van der Waals surface area contributed by atoms with Gasteiger partial charge in [-0.25, -0.2) is 12.7 Å². The van der Waals surface area contributed by atoms with Crippen LogP contribution in [-0.4, -0.2) is 50.3 Å². The summed E-state index contributed by atoms with van der Waals surface area (Å²) in [6.07, 6.45) is 2.64. The van der Waals surface area contributed by atoms with Gasteiger partial charge in [0.05, 0.1) is 17.9 Å². The molecule has 0 aromatic heterocycles. The first kappa shape index (κ1) is 17.1. The van der Waals surface area contributed by atoms with E-state index in [0.717, 1.165) is 22.8 Å². The summed E-state index contributed by atoms with van der Waals surface area (Å²) >= 11 is 7.79. The van der Waals surface area contributed by atoms with Crippen molar-refractivity contribution in [2.45, 2.75) is 17.7 Å². The van der Waals surface area contributed by atoms with Crippen LogP contribution in [0.25, 0.3) is 0 Å². The summed E-state index contributed by atoms with van der Waals surface area (Å²) in [4.78, 5) is 15.8. The Morgan fingerprint density at radius 3 is 2.87 bits per heavy atom. The molecule has 1 aromatic carbocycles. The molecule has 1 amide bonds. The maximum Gasteiger partial charge on any atom is 0.231 e. The van der Waals surface area contributed by atoms with E-state index in [0.29, 0.717) is 24.5 Å². The highest BCUT2D eigenvalue weighted by molar-refractivity contribution is 7.99. The van der Waals surface area contributed by atoms with E-state index < -0.39 is 10.0 Å². The minimum absolute atomic E-state index is 0.00201. The molecule has 0 radical (unpaired) electrons. The summed E-state index contributed by atoms with van der Waals surface area (Å²) in [6.45, 7) is 1.41. The van der Waals surface area contributed by atoms with Crippen LogP contribution < -0.4 is 4.90 Å². The summed E-state index contributed by atoms with van der Waals surface area (Å²) in [7, 11) is -3.25. The molecule has 0 bridgehead atoms. The lowest BCUT2D eigenvalue weighted by molar-refractivity contribution is -0.123. The van der Waals surface area contributed by atoms with Gasteiger partial charge in [-0.3, -0.25) is 4.79 Å². The molecule has 1 aromatic rings. The molecule has 1 fully saturated rings. The van der Waals surface area contributed by atoms with Crippen LogP contribution in [0, 0.1) is 5.92 Å². The number of carbonyl (C=O) groups excluding carboxylic acids is 1. The van der Waals surface area contributed by atoms with Crippen LogP contribution in [0.4, 0.5) is 5.69 Å². The molecular weight excluding hydrogens is 356 g/mol. The molecule has 1 unspecified atom stereocenters. The number of amides is 1. The van der Waals surface area contributed by atoms with Crippen LogP contribution in [-0.2, 0) is 14.8 Å². The van der Waals surface area contributed by atoms with Crippen molar-refractivity contribution in [3.8, 4) is 0 Å². The number of hydrogen-bond donors (Lipinski definition) is 0. The molecule has 2 heterocycles. The number of thioether (sulfide) groups is 1. The molecule has 3 rings (SSSR count). The van der Waals surface area contributed by atoms with E-state index in [-0.39, 0.29) is 18.4 Å². The average molecular weight is 375 g/mol. The molecule has 1 atom stereocenters. The van der Waals surface area contributed by atoms with Gasteiger partial charge in [-0.2, -0.15) is 0 Å². The Morgan fingerprint density at radius 2 is 2.13 bits per heavy atom. The molecule has 5 nitrogen and oxygen atoms in total. The number of anilines is 1. The lowest BCUT2D eigenvalue weighted by Gasteiger charge is -2.36. The number of benzene rings is 1. The molecule has 0 aliphatic carbocycles. The van der Waals surface area contributed by atoms with Crippen LogP contribution in [0.2, 0.25) is 5.02 Å². The number of sulfonamides is 1. The molecule has 2 aliphatic rings. The second-order valence-corrected chi connectivity index (χ2v) is 9.47. The van der Waals surface area contributed by atoms with Gasteiger partial charge < -0.3 is 4.90 Å². The molecular formula is C15H19ClN2O3S2. The maximum atomic E-state index is 13.0. The van der Waals surface area contributed by atoms with Crippen molar-refractivity contribution in [3.05, 3.63) is 23.2 Å². The monoisotopic (exact) mass is 374 g/mol. The van der Waals surface area contributed by atoms with Crippen molar-refractivity contribution in [1.82, 2.24) is 4.31 Å². The van der Waals surface area contributed by atoms with Crippen molar-refractivity contribution in [3.63, 3.8) is 0 Å². The van der Waals surface area contributed by atoms with Crippen LogP contribution >= 0.6 is 23.4 Å². The number of piperidine rings is 1. The Hall–Kier alpha value is -0.760. The van der Waals surface area contributed by atoms with Gasteiger partial charge in [0.25, 0.3) is 0 Å². The largest absolute Gasteiger partial charge is 0.310 e. The van der Waals surface area contributed by atoms with E-state index in [1.54, 1.807) is 16.7 Å². The van der Waals surface area contributed by atoms with Gasteiger partial charge in [-0.1, -0.05) is 11.6 Å². The molecule has 1 saturated heterocycles. The first-order valence-corrected chi connectivity index (χ1v) is 10.8. The van der Waals surface area contributed by atoms with Crippen LogP contribution in [0.15, 0.2) is 23.1 Å². The first-order chi connectivity index (χ1) is 10.9. The standard InChI is InChI=1S/C15H19ClN2O3S2/c1-23(20,21)17-6-2-3-11(10-17)15(19)18-7-8-22-14-5-4-12(16)9-13(14)18/h4-5,9,11H,2-3,6-8,10H2,1H3. The van der Waals surface area contributed by atoms with Crippen molar-refractivity contribution >= 4 is 45.0 Å². The normalized spacial score (nSPS) is 22.7. The second-order valence-electron chi connectivity index (χ2n) is 5.91. The third kappa shape index (κ3) is 3.68. The zero-order valence-corrected chi connectivity index (χ0v) is 15.3. The second kappa shape index (κ2) is 6.63. The summed E-state index contributed by atoms with van der Waals surface area (Å²) in [6, 6.07) is 5.58. The molecule has 0 N–H and O–H groups in total. The third-order valence-corrected chi connectivity index (χ3v) is 6.80. The first-order valence-electron chi connectivity index (χ1n) is 7.55. The number of nitrogens with zero attached hydrogens (tertiary/aromatic N) is 2. The zero-order valence-electron chi connectivity index (χ0n) is 12.9. The fraction of sp³-hybridized carbons (Fsp3) is 0.533. The lowest BCUT2D eigenvalue weighted by atomic mass is 9.97. The van der Waals surface area contributed by atoms with Crippen LogP contribution in [0.1, 0.15) is 12.8 Å². The fourth-order valence-corrected chi connectivity index (χ4v) is 5.14. The van der Waals surface area contributed by atoms with E-state index in [4.69, 9.17) is 11.6 Å². The Kier molecular flexibility index (Phi) is 4.92. The minimum Gasteiger partial charge on any atom is -0.310 e. The highest BCUT2D eigenvalue weighted by atomic mass is 35.5. The Labute approximate surface area is 146 Å². The highest BCUT2D eigenvalue weighted by Gasteiger charge is 2.34. The minimum atomic E-state index is -3.25. The van der Waals surface area contributed by atoms with Gasteiger partial charge in [0, 0.05) is 35.3 Å². The lowest BCUT2D eigenvalue weighted by Crippen LogP contribution is -2.47. The third-order valence-electron chi connectivity index (χ3n) is 4.25. The van der Waals surface area contributed by atoms with Gasteiger partial charge in [-0.15, -0.1) is 11.8 Å². The number of halogens is 1. The van der Waals surface area contributed by atoms with Crippen molar-refractivity contribution in [2.75, 3.05) is 36.5 Å². The van der Waals surface area contributed by atoms with Crippen molar-refractivity contribution in [2.24, 2.45) is 5.92 Å². The van der Waals surface area contributed by atoms with E-state index in [1.807, 2.05) is 18.2 Å². The molecule has 0 spiro atoms. The Morgan fingerprint density at radius 1 is 1.35 bits per heavy atom. The average Bonchev–Trinajstić information content (AvgIpc) is 2.53.